The number of benzene rings is 2. The molecule has 3 N–H and O–H groups in total. The summed E-state index contributed by atoms with van der Waals surface area (Å²) in [6.07, 6.45) is 3.28. The number of carboxylic acid groups (broad SMARTS) is 1. The van der Waals surface area contributed by atoms with Gasteiger partial charge in [0.05, 0.1) is 17.4 Å². The Labute approximate surface area is 163 Å². The van der Waals surface area contributed by atoms with Crippen LogP contribution in [0.5, 0.6) is 0 Å². The molecule has 2 aromatic carbocycles. The smallest absolute Gasteiger partial charge is 0.478 e. The van der Waals surface area contributed by atoms with E-state index in [2.05, 4.69) is 10.3 Å². The van der Waals surface area contributed by atoms with Crippen molar-refractivity contribution in [3.05, 3.63) is 65.4 Å². The lowest BCUT2D eigenvalue weighted by atomic mass is 9.95. The van der Waals surface area contributed by atoms with Crippen LogP contribution >= 0.6 is 8.25 Å². The summed E-state index contributed by atoms with van der Waals surface area (Å²) >= 11 is 0. The van der Waals surface area contributed by atoms with Gasteiger partial charge in [0.1, 0.15) is 5.69 Å². The van der Waals surface area contributed by atoms with Crippen LogP contribution in [0.25, 0.3) is 16.9 Å². The van der Waals surface area contributed by atoms with E-state index < -0.39 is 14.2 Å². The third-order valence-corrected chi connectivity index (χ3v) is 4.15. The van der Waals surface area contributed by atoms with E-state index in [4.69, 9.17) is 14.4 Å². The minimum atomic E-state index is -2.87. The molecule has 9 heteroatoms. The Balaban J connectivity index is 0.000000640. The van der Waals surface area contributed by atoms with Crippen molar-refractivity contribution in [2.45, 2.75) is 26.7 Å². The van der Waals surface area contributed by atoms with Gasteiger partial charge in [0.15, 0.2) is 0 Å². The normalized spacial score (nSPS) is 10.1. The van der Waals surface area contributed by atoms with E-state index in [1.54, 1.807) is 10.7 Å². The van der Waals surface area contributed by atoms with Crippen LogP contribution in [-0.4, -0.2) is 35.9 Å². The molecule has 0 aliphatic rings. The quantitative estimate of drug-likeness (QED) is 0.559. The van der Waals surface area contributed by atoms with Crippen molar-refractivity contribution in [3.63, 3.8) is 0 Å². The maximum absolute atomic E-state index is 11.5. The van der Waals surface area contributed by atoms with Crippen LogP contribution in [0.1, 0.15) is 35.3 Å². The van der Waals surface area contributed by atoms with E-state index >= 15 is 0 Å². The maximum Gasteiger partial charge on any atom is 0.692 e. The van der Waals surface area contributed by atoms with Gasteiger partial charge >= 0.3 is 14.2 Å². The van der Waals surface area contributed by atoms with Gasteiger partial charge < -0.3 is 5.11 Å². The molecule has 0 aliphatic heterocycles. The molecule has 3 aromatic rings. The molecule has 3 rings (SSSR count). The molecule has 1 aromatic heterocycles. The second kappa shape index (κ2) is 9.85. The first kappa shape index (κ1) is 21.4. The van der Waals surface area contributed by atoms with Crippen LogP contribution < -0.4 is 0 Å². The van der Waals surface area contributed by atoms with E-state index in [1.807, 2.05) is 56.4 Å². The summed E-state index contributed by atoms with van der Waals surface area (Å²) in [7, 11) is -2.87. The number of hydrogen-bond donors (Lipinski definition) is 3. The monoisotopic (exact) mass is 402 g/mol. The van der Waals surface area contributed by atoms with E-state index in [0.717, 1.165) is 34.5 Å². The van der Waals surface area contributed by atoms with Gasteiger partial charge in [-0.1, -0.05) is 49.4 Å². The molecule has 1 heterocycles. The van der Waals surface area contributed by atoms with E-state index in [0.29, 0.717) is 12.0 Å². The summed E-state index contributed by atoms with van der Waals surface area (Å²) < 4.78 is 10.4. The highest BCUT2D eigenvalue weighted by molar-refractivity contribution is 7.30. The molecule has 0 saturated carbocycles. The zero-order valence-corrected chi connectivity index (χ0v) is 16.4. The molecule has 0 fully saturated rings. The molecule has 8 nitrogen and oxygen atoms in total. The molecule has 0 amide bonds. The fourth-order valence-corrected chi connectivity index (χ4v) is 3.02. The Bertz CT molecular complexity index is 969. The van der Waals surface area contributed by atoms with Gasteiger partial charge in [0.2, 0.25) is 0 Å². The molecule has 0 radical (unpaired) electrons. The largest absolute Gasteiger partial charge is 0.692 e. The predicted octanol–water partition coefficient (Wildman–Crippen LogP) is 3.39. The first-order valence-corrected chi connectivity index (χ1v) is 9.76. The fraction of sp³-hybridized carbons (Fsp3) is 0.211. The van der Waals surface area contributed by atoms with Gasteiger partial charge in [-0.2, -0.15) is 0 Å². The summed E-state index contributed by atoms with van der Waals surface area (Å²) in [4.78, 5) is 25.7. The number of hydrogen-bond acceptors (Lipinski definition) is 4. The zero-order chi connectivity index (χ0) is 20.7. The maximum atomic E-state index is 11.5. The second-order valence-corrected chi connectivity index (χ2v) is 6.27. The average molecular weight is 402 g/mol. The molecule has 0 saturated heterocycles. The molecule has 0 atom stereocenters. The summed E-state index contributed by atoms with van der Waals surface area (Å²) in [5.74, 6) is -0.892. The lowest BCUT2D eigenvalue weighted by Crippen LogP contribution is -2.09. The first-order valence-electron chi connectivity index (χ1n) is 8.60. The summed E-state index contributed by atoms with van der Waals surface area (Å²) in [6.45, 7) is 4.00. The van der Waals surface area contributed by atoms with Gasteiger partial charge in [-0.25, -0.2) is 9.48 Å². The number of aromatic carboxylic acids is 1. The Morgan fingerprint density at radius 1 is 1.04 bits per heavy atom. The predicted molar refractivity (Wildman–Crippen MR) is 105 cm³/mol. The van der Waals surface area contributed by atoms with Crippen LogP contribution in [0.3, 0.4) is 0 Å². The molecule has 0 bridgehead atoms. The number of rotatable bonds is 5. The molecular weight excluding hydrogens is 381 g/mol. The lowest BCUT2D eigenvalue weighted by molar-refractivity contribution is 0.0695. The Morgan fingerprint density at radius 3 is 2.18 bits per heavy atom. The van der Waals surface area contributed by atoms with Crippen LogP contribution in [0.2, 0.25) is 0 Å². The van der Waals surface area contributed by atoms with Crippen molar-refractivity contribution < 1.29 is 24.3 Å². The third kappa shape index (κ3) is 5.07. The summed E-state index contributed by atoms with van der Waals surface area (Å²) in [6, 6.07) is 13.3. The minimum absolute atomic E-state index is 0.362. The zero-order valence-electron chi connectivity index (χ0n) is 15.5. The van der Waals surface area contributed by atoms with E-state index in [1.165, 1.54) is 0 Å². The summed E-state index contributed by atoms with van der Waals surface area (Å²) in [5.41, 5.74) is 4.90. The van der Waals surface area contributed by atoms with Crippen molar-refractivity contribution in [1.82, 2.24) is 15.0 Å². The van der Waals surface area contributed by atoms with Crippen molar-refractivity contribution in [2.24, 2.45) is 0 Å². The summed E-state index contributed by atoms with van der Waals surface area (Å²) in [5, 5.41) is 17.9. The van der Waals surface area contributed by atoms with Crippen molar-refractivity contribution >= 4 is 14.2 Å². The molecule has 0 spiro atoms. The second-order valence-electron chi connectivity index (χ2n) is 5.77. The highest BCUT2D eigenvalue weighted by Gasteiger charge is 2.17. The first-order chi connectivity index (χ1) is 13.4. The van der Waals surface area contributed by atoms with Gasteiger partial charge in [0, 0.05) is 10.1 Å². The highest BCUT2D eigenvalue weighted by Crippen LogP contribution is 2.25. The van der Waals surface area contributed by atoms with Crippen LogP contribution in [0.15, 0.2) is 48.7 Å². The SMILES string of the molecule is CCc1c(C(=O)O)ccc(-n2cc(-c3ccccc3)nn2)c1CC.O=[P+](O)O. The van der Waals surface area contributed by atoms with Gasteiger partial charge in [-0.3, -0.25) is 0 Å². The Hall–Kier alpha value is -2.93. The molecule has 146 valence electrons. The molecule has 0 aliphatic carbocycles. The van der Waals surface area contributed by atoms with E-state index in [9.17, 15) is 9.90 Å². The van der Waals surface area contributed by atoms with Gasteiger partial charge in [-0.05, 0) is 36.1 Å². The number of aromatic nitrogens is 3. The molecule has 28 heavy (non-hydrogen) atoms. The average Bonchev–Trinajstić information content (AvgIpc) is 3.16. The van der Waals surface area contributed by atoms with Gasteiger partial charge in [-0.15, -0.1) is 14.9 Å². The fourth-order valence-electron chi connectivity index (χ4n) is 3.02. The van der Waals surface area contributed by atoms with Crippen molar-refractivity contribution in [1.29, 1.82) is 0 Å². The van der Waals surface area contributed by atoms with Crippen LogP contribution in [0.4, 0.5) is 0 Å². The minimum Gasteiger partial charge on any atom is -0.478 e. The van der Waals surface area contributed by atoms with Gasteiger partial charge in [0.25, 0.3) is 0 Å². The topological polar surface area (TPSA) is 126 Å². The van der Waals surface area contributed by atoms with E-state index in [-0.39, 0.29) is 0 Å². The number of carbonyl (C=O) groups is 1. The molecule has 0 unspecified atom stereocenters. The van der Waals surface area contributed by atoms with Crippen molar-refractivity contribution in [2.75, 3.05) is 0 Å². The standard InChI is InChI=1S/C19H19N3O2.HO3P/c1-3-14-15(4-2)18(11-10-16(14)19(23)24)22-12-17(20-21-22)13-8-6-5-7-9-13;1-4(2)3/h5-12H,3-4H2,1-2H3,(H,23,24);(H-,1,2,3)/p+1. The van der Waals surface area contributed by atoms with Crippen LogP contribution in [-0.2, 0) is 17.4 Å². The Kier molecular flexibility index (Phi) is 7.52. The third-order valence-electron chi connectivity index (χ3n) is 4.15. The molecular formula is C19H21N3O5P+. The van der Waals surface area contributed by atoms with Crippen LogP contribution in [0, 0.1) is 0 Å². The Morgan fingerprint density at radius 2 is 1.64 bits per heavy atom. The number of carboxylic acids is 1. The number of nitrogens with zero attached hydrogens (tertiary/aromatic N) is 3. The lowest BCUT2D eigenvalue weighted by Gasteiger charge is -2.14. The highest BCUT2D eigenvalue weighted by atomic mass is 31.1. The van der Waals surface area contributed by atoms with Crippen molar-refractivity contribution in [3.8, 4) is 16.9 Å².